The van der Waals surface area contributed by atoms with Crippen molar-refractivity contribution in [1.29, 1.82) is 0 Å². The molecule has 0 amide bonds. The number of likely N-dealkylation sites (tertiary alicyclic amines) is 1. The second kappa shape index (κ2) is 12.8. The highest BCUT2D eigenvalue weighted by molar-refractivity contribution is 5.87. The van der Waals surface area contributed by atoms with Gasteiger partial charge >= 0.3 is 29.8 Å². The molecule has 6 rings (SSSR count). The van der Waals surface area contributed by atoms with Gasteiger partial charge in [0.15, 0.2) is 23.7 Å². The minimum Gasteiger partial charge on any atom is -0.493 e. The first kappa shape index (κ1) is 33.9. The predicted octanol–water partition coefficient (Wildman–Crippen LogP) is 2.14. The smallest absolute Gasteiger partial charge is 0.349 e. The number of carbonyl (C=O) groups excluding carboxylic acids is 4. The molecular weight excluding hydrogens is 642 g/mol. The van der Waals surface area contributed by atoms with E-state index in [1.807, 2.05) is 19.2 Å². The van der Waals surface area contributed by atoms with Crippen LogP contribution in [0, 0.1) is 0 Å². The van der Waals surface area contributed by atoms with Gasteiger partial charge in [0, 0.05) is 30.5 Å². The fourth-order valence-electron chi connectivity index (χ4n) is 7.68. The van der Waals surface area contributed by atoms with Gasteiger partial charge in [-0.25, -0.2) is 14.4 Å². The molecule has 2 aromatic carbocycles. The maximum Gasteiger partial charge on any atom is 0.349 e. The van der Waals surface area contributed by atoms with E-state index in [0.29, 0.717) is 30.9 Å². The summed E-state index contributed by atoms with van der Waals surface area (Å²) in [6, 6.07) is 11.3. The molecule has 0 aromatic heterocycles. The van der Waals surface area contributed by atoms with Gasteiger partial charge in [-0.15, -0.1) is 0 Å². The molecule has 260 valence electrons. The predicted molar refractivity (Wildman–Crippen MR) is 166 cm³/mol. The molecule has 14 nitrogen and oxygen atoms in total. The number of aliphatic hydroxyl groups is 1. The third-order valence-electron chi connectivity index (χ3n) is 9.90. The van der Waals surface area contributed by atoms with Gasteiger partial charge in [0.25, 0.3) is 0 Å². The SMILES string of the molecule is COc1ccc2c3c1O[C@@H]1C(OC(=O)C[C@H](OC(C)=O)C(=O)O[C@@H](C)C(=O)O[C@H](C(=O)O)c4ccccc4)=CC[C@]4(O)[C@H](C2)N(C)CC[C@@]314. The fourth-order valence-corrected chi connectivity index (χ4v) is 7.68. The van der Waals surface area contributed by atoms with E-state index >= 15 is 0 Å². The number of nitrogens with zero attached hydrogens (tertiary/aromatic N) is 1. The zero-order valence-corrected chi connectivity index (χ0v) is 27.4. The lowest BCUT2D eigenvalue weighted by Crippen LogP contribution is -2.74. The van der Waals surface area contributed by atoms with Crippen molar-refractivity contribution in [2.75, 3.05) is 20.7 Å². The Hall–Kier alpha value is -4.95. The van der Waals surface area contributed by atoms with Gasteiger partial charge < -0.3 is 43.5 Å². The molecule has 1 saturated heterocycles. The molecule has 4 aliphatic rings. The van der Waals surface area contributed by atoms with Gasteiger partial charge in [-0.2, -0.15) is 0 Å². The molecule has 0 radical (unpaired) electrons. The standard InChI is InChI=1S/C35H37NO13/c1-18(32(41)49-28(31(39)40)20-8-6-5-7-9-20)45-33(42)24(46-19(2)37)17-26(38)47-23-12-13-35(43)25-16-21-10-11-22(44-4)29-27(21)34(35,30(23)48-29)14-15-36(25)3/h5-12,18,24-25,28,30,43H,13-17H2,1-4H3,(H,39,40)/t18-,24-,25-,28-,30+,34+,35-/m0/s1. The average molecular weight is 680 g/mol. The summed E-state index contributed by atoms with van der Waals surface area (Å²) in [6.07, 6.45) is -3.89. The highest BCUT2D eigenvalue weighted by atomic mass is 16.6. The molecular formula is C35H37NO13. The minimum atomic E-state index is -1.81. The van der Waals surface area contributed by atoms with E-state index in [9.17, 15) is 34.2 Å². The summed E-state index contributed by atoms with van der Waals surface area (Å²) in [5.74, 6) is -4.64. The van der Waals surface area contributed by atoms with Crippen LogP contribution >= 0.6 is 0 Å². The molecule has 2 aliphatic heterocycles. The van der Waals surface area contributed by atoms with Crippen LogP contribution in [0.4, 0.5) is 0 Å². The Balaban J connectivity index is 1.18. The maximum atomic E-state index is 13.4. The van der Waals surface area contributed by atoms with E-state index in [1.165, 1.54) is 19.2 Å². The molecule has 2 aliphatic carbocycles. The number of aliphatic carboxylic acids is 1. The fraction of sp³-hybridized carbons (Fsp3) is 0.457. The van der Waals surface area contributed by atoms with E-state index in [0.717, 1.165) is 25.0 Å². The lowest BCUT2D eigenvalue weighted by Gasteiger charge is -2.61. The van der Waals surface area contributed by atoms with Crippen LogP contribution in [0.15, 0.2) is 54.3 Å². The summed E-state index contributed by atoms with van der Waals surface area (Å²) in [5, 5.41) is 21.9. The van der Waals surface area contributed by atoms with Crippen molar-refractivity contribution in [2.45, 2.75) is 81.0 Å². The number of esters is 4. The zero-order valence-electron chi connectivity index (χ0n) is 27.4. The molecule has 14 heteroatoms. The van der Waals surface area contributed by atoms with Crippen molar-refractivity contribution in [2.24, 2.45) is 0 Å². The molecule has 1 fully saturated rings. The van der Waals surface area contributed by atoms with Gasteiger partial charge in [-0.1, -0.05) is 36.4 Å². The van der Waals surface area contributed by atoms with Gasteiger partial charge in [-0.05, 0) is 51.1 Å². The normalized spacial score (nSPS) is 26.4. The molecule has 2 N–H and O–H groups in total. The molecule has 2 aromatic rings. The second-order valence-electron chi connectivity index (χ2n) is 12.7. The first-order valence-corrected chi connectivity index (χ1v) is 15.9. The van der Waals surface area contributed by atoms with Crippen molar-refractivity contribution in [3.05, 3.63) is 71.0 Å². The number of methoxy groups -OCH3 is 1. The van der Waals surface area contributed by atoms with Crippen molar-refractivity contribution < 1.29 is 62.6 Å². The number of piperidine rings is 1. The highest BCUT2D eigenvalue weighted by Crippen LogP contribution is 2.65. The van der Waals surface area contributed by atoms with Gasteiger partial charge in [-0.3, -0.25) is 9.59 Å². The number of likely N-dealkylation sites (N-methyl/N-ethyl adjacent to an activating group) is 1. The Morgan fingerprint density at radius 2 is 1.78 bits per heavy atom. The van der Waals surface area contributed by atoms with E-state index in [4.69, 9.17) is 28.4 Å². The van der Waals surface area contributed by atoms with Gasteiger partial charge in [0.05, 0.1) is 24.5 Å². The van der Waals surface area contributed by atoms with Crippen LogP contribution in [0.1, 0.15) is 55.9 Å². The number of rotatable bonds is 11. The molecule has 2 bridgehead atoms. The van der Waals surface area contributed by atoms with Crippen LogP contribution in [-0.4, -0.2) is 95.6 Å². The van der Waals surface area contributed by atoms with E-state index in [-0.39, 0.29) is 23.8 Å². The Morgan fingerprint density at radius 1 is 1.04 bits per heavy atom. The second-order valence-corrected chi connectivity index (χ2v) is 12.7. The van der Waals surface area contributed by atoms with Crippen LogP contribution in [-0.2, 0) is 54.8 Å². The summed E-state index contributed by atoms with van der Waals surface area (Å²) in [7, 11) is 3.49. The van der Waals surface area contributed by atoms with Crippen LogP contribution in [0.3, 0.4) is 0 Å². The topological polar surface area (TPSA) is 184 Å². The molecule has 0 saturated carbocycles. The Kier molecular flexibility index (Phi) is 8.88. The molecule has 2 heterocycles. The Morgan fingerprint density at radius 3 is 2.45 bits per heavy atom. The summed E-state index contributed by atoms with van der Waals surface area (Å²) in [6.45, 7) is 2.83. The first-order chi connectivity index (χ1) is 23.3. The quantitative estimate of drug-likeness (QED) is 0.260. The lowest BCUT2D eigenvalue weighted by atomic mass is 9.50. The van der Waals surface area contributed by atoms with Crippen molar-refractivity contribution >= 4 is 29.8 Å². The summed E-state index contributed by atoms with van der Waals surface area (Å²) in [5.41, 5.74) is -0.143. The zero-order chi connectivity index (χ0) is 35.2. The van der Waals surface area contributed by atoms with E-state index < -0.39 is 71.7 Å². The molecule has 7 atom stereocenters. The van der Waals surface area contributed by atoms with Crippen LogP contribution < -0.4 is 9.47 Å². The molecule has 49 heavy (non-hydrogen) atoms. The van der Waals surface area contributed by atoms with Crippen molar-refractivity contribution in [1.82, 2.24) is 4.90 Å². The summed E-state index contributed by atoms with van der Waals surface area (Å²) >= 11 is 0. The highest BCUT2D eigenvalue weighted by Gasteiger charge is 2.72. The molecule has 0 unspecified atom stereocenters. The molecule has 1 spiro atoms. The number of carbonyl (C=O) groups is 5. The van der Waals surface area contributed by atoms with Crippen molar-refractivity contribution in [3.63, 3.8) is 0 Å². The summed E-state index contributed by atoms with van der Waals surface area (Å²) < 4.78 is 33.2. The van der Waals surface area contributed by atoms with Gasteiger partial charge in [0.2, 0.25) is 12.2 Å². The number of hydrogen-bond acceptors (Lipinski definition) is 13. The van der Waals surface area contributed by atoms with E-state index in [2.05, 4.69) is 4.90 Å². The van der Waals surface area contributed by atoms with Crippen LogP contribution in [0.25, 0.3) is 0 Å². The maximum absolute atomic E-state index is 13.4. The Bertz CT molecular complexity index is 1720. The minimum absolute atomic E-state index is 0.136. The largest absolute Gasteiger partial charge is 0.493 e. The monoisotopic (exact) mass is 679 g/mol. The van der Waals surface area contributed by atoms with Crippen molar-refractivity contribution in [3.8, 4) is 11.5 Å². The number of hydrogen-bond donors (Lipinski definition) is 2. The summed E-state index contributed by atoms with van der Waals surface area (Å²) in [4.78, 5) is 65.0. The number of carboxylic acids is 1. The third kappa shape index (κ3) is 5.68. The number of carboxylic acid groups (broad SMARTS) is 1. The average Bonchev–Trinajstić information content (AvgIpc) is 3.42. The first-order valence-electron chi connectivity index (χ1n) is 15.9. The van der Waals surface area contributed by atoms with Gasteiger partial charge in [0.1, 0.15) is 5.76 Å². The lowest BCUT2D eigenvalue weighted by molar-refractivity contribution is -0.184. The third-order valence-corrected chi connectivity index (χ3v) is 9.90. The van der Waals surface area contributed by atoms with E-state index in [1.54, 1.807) is 24.3 Å². The number of ether oxygens (including phenoxy) is 6. The Labute approximate surface area is 281 Å². The van der Waals surface area contributed by atoms with Crippen LogP contribution in [0.5, 0.6) is 11.5 Å². The van der Waals surface area contributed by atoms with Crippen LogP contribution in [0.2, 0.25) is 0 Å². The number of benzene rings is 2.